The van der Waals surface area contributed by atoms with Crippen LogP contribution in [0.2, 0.25) is 5.02 Å². The highest BCUT2D eigenvalue weighted by Crippen LogP contribution is 2.30. The lowest BCUT2D eigenvalue weighted by molar-refractivity contribution is -0.134. The number of carbonyl (C=O) groups excluding carboxylic acids is 2. The molecule has 2 aromatic rings. The molecule has 0 spiro atoms. The Bertz CT molecular complexity index is 796. The smallest absolute Gasteiger partial charge is 0.241 e. The Kier molecular flexibility index (Phi) is 5.81. The molecule has 1 aliphatic heterocycles. The van der Waals surface area contributed by atoms with Gasteiger partial charge in [-0.3, -0.25) is 9.59 Å². The van der Waals surface area contributed by atoms with Crippen LogP contribution < -0.4 is 5.32 Å². The second-order valence-electron chi connectivity index (χ2n) is 6.85. The summed E-state index contributed by atoms with van der Waals surface area (Å²) in [7, 11) is 0. The van der Waals surface area contributed by atoms with E-state index in [1.165, 1.54) is 0 Å². The summed E-state index contributed by atoms with van der Waals surface area (Å²) < 4.78 is 5.85. The standard InChI is InChI=1S/C19H24ClN3O3/c1-3-12(2)18(25)21-11-17(24)23-8-6-13(7-9-23)19-22-15-10-14(20)4-5-16(15)26-19/h4-5,10,12-13H,3,6-9,11H2,1-2H3,(H,21,25). The number of halogens is 1. The van der Waals surface area contributed by atoms with Crippen LogP contribution in [0.25, 0.3) is 11.1 Å². The van der Waals surface area contributed by atoms with Gasteiger partial charge in [-0.25, -0.2) is 4.98 Å². The molecular formula is C19H24ClN3O3. The highest BCUT2D eigenvalue weighted by Gasteiger charge is 2.27. The Hall–Kier alpha value is -2.08. The van der Waals surface area contributed by atoms with E-state index in [1.807, 2.05) is 19.9 Å². The summed E-state index contributed by atoms with van der Waals surface area (Å²) in [6, 6.07) is 5.41. The third-order valence-electron chi connectivity index (χ3n) is 5.04. The molecule has 2 heterocycles. The number of fused-ring (bicyclic) bond motifs is 1. The van der Waals surface area contributed by atoms with Crippen LogP contribution in [0.3, 0.4) is 0 Å². The van der Waals surface area contributed by atoms with E-state index in [1.54, 1.807) is 17.0 Å². The number of rotatable bonds is 5. The number of nitrogens with zero attached hydrogens (tertiary/aromatic N) is 2. The van der Waals surface area contributed by atoms with Crippen molar-refractivity contribution in [2.75, 3.05) is 19.6 Å². The maximum atomic E-state index is 12.3. The van der Waals surface area contributed by atoms with E-state index in [0.29, 0.717) is 24.0 Å². The van der Waals surface area contributed by atoms with Gasteiger partial charge in [0.2, 0.25) is 11.8 Å². The van der Waals surface area contributed by atoms with Crippen LogP contribution in [0.15, 0.2) is 22.6 Å². The van der Waals surface area contributed by atoms with E-state index in [2.05, 4.69) is 10.3 Å². The van der Waals surface area contributed by atoms with Gasteiger partial charge < -0.3 is 14.6 Å². The van der Waals surface area contributed by atoms with Crippen LogP contribution in [0.5, 0.6) is 0 Å². The fraction of sp³-hybridized carbons (Fsp3) is 0.526. The molecule has 1 N–H and O–H groups in total. The number of likely N-dealkylation sites (tertiary alicyclic amines) is 1. The predicted octanol–water partition coefficient (Wildman–Crippen LogP) is 3.35. The zero-order valence-electron chi connectivity index (χ0n) is 15.1. The van der Waals surface area contributed by atoms with Crippen LogP contribution in [-0.4, -0.2) is 41.3 Å². The van der Waals surface area contributed by atoms with Crippen LogP contribution in [-0.2, 0) is 9.59 Å². The molecule has 1 aromatic carbocycles. The molecule has 1 atom stereocenters. The number of oxazole rings is 1. The molecule has 0 aliphatic carbocycles. The van der Waals surface area contributed by atoms with Gasteiger partial charge in [-0.05, 0) is 37.5 Å². The van der Waals surface area contributed by atoms with Gasteiger partial charge in [-0.2, -0.15) is 0 Å². The molecule has 7 heteroatoms. The molecule has 2 amide bonds. The van der Waals surface area contributed by atoms with Gasteiger partial charge >= 0.3 is 0 Å². The summed E-state index contributed by atoms with van der Waals surface area (Å²) >= 11 is 5.99. The Morgan fingerprint density at radius 3 is 2.81 bits per heavy atom. The third kappa shape index (κ3) is 4.18. The maximum Gasteiger partial charge on any atom is 0.241 e. The Labute approximate surface area is 157 Å². The van der Waals surface area contributed by atoms with Crippen LogP contribution in [0, 0.1) is 5.92 Å². The highest BCUT2D eigenvalue weighted by atomic mass is 35.5. The summed E-state index contributed by atoms with van der Waals surface area (Å²) in [4.78, 5) is 30.4. The zero-order chi connectivity index (χ0) is 18.7. The molecule has 0 saturated carbocycles. The van der Waals surface area contributed by atoms with Crippen molar-refractivity contribution in [2.24, 2.45) is 5.92 Å². The quantitative estimate of drug-likeness (QED) is 0.866. The molecule has 1 aliphatic rings. The molecule has 140 valence electrons. The topological polar surface area (TPSA) is 75.4 Å². The Morgan fingerprint density at radius 1 is 1.38 bits per heavy atom. The summed E-state index contributed by atoms with van der Waals surface area (Å²) in [5.41, 5.74) is 1.49. The van der Waals surface area contributed by atoms with E-state index in [-0.39, 0.29) is 30.2 Å². The average Bonchev–Trinajstić information content (AvgIpc) is 3.08. The average molecular weight is 378 g/mol. The van der Waals surface area contributed by atoms with Gasteiger partial charge in [0.05, 0.1) is 6.54 Å². The van der Waals surface area contributed by atoms with Crippen LogP contribution >= 0.6 is 11.6 Å². The summed E-state index contributed by atoms with van der Waals surface area (Å²) in [6.45, 7) is 5.16. The molecule has 1 saturated heterocycles. The second-order valence-corrected chi connectivity index (χ2v) is 7.28. The first-order chi connectivity index (χ1) is 12.5. The first kappa shape index (κ1) is 18.7. The lowest BCUT2D eigenvalue weighted by Crippen LogP contribution is -2.44. The first-order valence-electron chi connectivity index (χ1n) is 9.09. The summed E-state index contributed by atoms with van der Waals surface area (Å²) in [5.74, 6) is 0.728. The lowest BCUT2D eigenvalue weighted by Gasteiger charge is -2.30. The fourth-order valence-electron chi connectivity index (χ4n) is 3.10. The van der Waals surface area contributed by atoms with Gasteiger partial charge in [0.15, 0.2) is 11.5 Å². The molecule has 3 rings (SSSR count). The van der Waals surface area contributed by atoms with Gasteiger partial charge in [-0.1, -0.05) is 25.4 Å². The van der Waals surface area contributed by atoms with Crippen molar-refractivity contribution in [2.45, 2.75) is 39.0 Å². The van der Waals surface area contributed by atoms with Crippen molar-refractivity contribution in [3.63, 3.8) is 0 Å². The number of hydrogen-bond donors (Lipinski definition) is 1. The van der Waals surface area contributed by atoms with Crippen molar-refractivity contribution in [1.82, 2.24) is 15.2 Å². The monoisotopic (exact) mass is 377 g/mol. The van der Waals surface area contributed by atoms with E-state index in [4.69, 9.17) is 16.0 Å². The minimum atomic E-state index is -0.0686. The minimum Gasteiger partial charge on any atom is -0.440 e. The molecule has 1 aromatic heterocycles. The van der Waals surface area contributed by atoms with Crippen molar-refractivity contribution in [3.05, 3.63) is 29.1 Å². The van der Waals surface area contributed by atoms with E-state index >= 15 is 0 Å². The van der Waals surface area contributed by atoms with Crippen molar-refractivity contribution in [1.29, 1.82) is 0 Å². The van der Waals surface area contributed by atoms with E-state index < -0.39 is 0 Å². The number of piperidine rings is 1. The Morgan fingerprint density at radius 2 is 2.12 bits per heavy atom. The minimum absolute atomic E-state index is 0.0375. The van der Waals surface area contributed by atoms with Gasteiger partial charge in [0.1, 0.15) is 5.52 Å². The number of aromatic nitrogens is 1. The molecule has 1 unspecified atom stereocenters. The zero-order valence-corrected chi connectivity index (χ0v) is 15.9. The molecule has 6 nitrogen and oxygen atoms in total. The Balaban J connectivity index is 1.53. The van der Waals surface area contributed by atoms with Gasteiger partial charge in [0.25, 0.3) is 0 Å². The largest absolute Gasteiger partial charge is 0.440 e. The molecule has 26 heavy (non-hydrogen) atoms. The number of hydrogen-bond acceptors (Lipinski definition) is 4. The molecular weight excluding hydrogens is 354 g/mol. The van der Waals surface area contributed by atoms with Gasteiger partial charge in [-0.15, -0.1) is 0 Å². The van der Waals surface area contributed by atoms with E-state index in [0.717, 1.165) is 30.4 Å². The SMILES string of the molecule is CCC(C)C(=O)NCC(=O)N1CCC(c2nc3cc(Cl)ccc3o2)CC1. The third-order valence-corrected chi connectivity index (χ3v) is 5.27. The van der Waals surface area contributed by atoms with Crippen LogP contribution in [0.4, 0.5) is 0 Å². The van der Waals surface area contributed by atoms with Crippen molar-refractivity contribution < 1.29 is 14.0 Å². The first-order valence-corrected chi connectivity index (χ1v) is 9.47. The predicted molar refractivity (Wildman–Crippen MR) is 100 cm³/mol. The van der Waals surface area contributed by atoms with Gasteiger partial charge in [0, 0.05) is 29.9 Å². The molecule has 1 fully saturated rings. The number of carbonyl (C=O) groups is 2. The lowest BCUT2D eigenvalue weighted by atomic mass is 9.97. The van der Waals surface area contributed by atoms with Crippen LogP contribution in [0.1, 0.15) is 44.9 Å². The van der Waals surface area contributed by atoms with Crippen molar-refractivity contribution >= 4 is 34.5 Å². The highest BCUT2D eigenvalue weighted by molar-refractivity contribution is 6.31. The molecule has 0 bridgehead atoms. The normalized spacial score (nSPS) is 16.7. The van der Waals surface area contributed by atoms with E-state index in [9.17, 15) is 9.59 Å². The fourth-order valence-corrected chi connectivity index (χ4v) is 3.27. The van der Waals surface area contributed by atoms with Crippen molar-refractivity contribution in [3.8, 4) is 0 Å². The summed E-state index contributed by atoms with van der Waals surface area (Å²) in [5, 5.41) is 3.36. The maximum absolute atomic E-state index is 12.3. The number of nitrogens with one attached hydrogen (secondary N) is 1. The summed E-state index contributed by atoms with van der Waals surface area (Å²) in [6.07, 6.45) is 2.36. The molecule has 0 radical (unpaired) electrons. The number of amides is 2. The number of benzene rings is 1. The second kappa shape index (κ2) is 8.08.